The van der Waals surface area contributed by atoms with Gasteiger partial charge in [0.1, 0.15) is 0 Å². The Labute approximate surface area is 209 Å². The summed E-state index contributed by atoms with van der Waals surface area (Å²) in [6.45, 7) is 8.37. The molecule has 2 aliphatic rings. The molecule has 6 rings (SSSR count). The Balaban J connectivity index is 1.26. The van der Waals surface area contributed by atoms with Crippen molar-refractivity contribution in [3.05, 3.63) is 54.4 Å². The van der Waals surface area contributed by atoms with Crippen molar-refractivity contribution >= 4 is 34.3 Å². The first-order valence-corrected chi connectivity index (χ1v) is 12.2. The minimum absolute atomic E-state index is 0.215. The molecule has 0 atom stereocenters. The van der Waals surface area contributed by atoms with Crippen molar-refractivity contribution in [2.75, 3.05) is 48.6 Å². The highest BCUT2D eigenvalue weighted by Crippen LogP contribution is 2.33. The van der Waals surface area contributed by atoms with E-state index in [0.717, 1.165) is 60.2 Å². The van der Waals surface area contributed by atoms with Gasteiger partial charge in [0.05, 0.1) is 19.5 Å². The van der Waals surface area contributed by atoms with Crippen LogP contribution in [0.15, 0.2) is 48.8 Å². The molecule has 0 aliphatic carbocycles. The number of nitrogens with zero attached hydrogens (tertiary/aromatic N) is 5. The van der Waals surface area contributed by atoms with Crippen molar-refractivity contribution in [2.45, 2.75) is 26.4 Å². The van der Waals surface area contributed by atoms with Crippen LogP contribution in [-0.2, 0) is 11.3 Å². The number of hydrogen-bond donors (Lipinski definition) is 2. The quantitative estimate of drug-likeness (QED) is 0.395. The number of fused-ring (bicyclic) bond motifs is 2. The summed E-state index contributed by atoms with van der Waals surface area (Å²) < 4.78 is 18.4. The maximum atomic E-state index is 5.50. The highest BCUT2D eigenvalue weighted by Gasteiger charge is 2.17. The monoisotopic (exact) mass is 487 g/mol. The lowest BCUT2D eigenvalue weighted by atomic mass is 10.2. The third-order valence-corrected chi connectivity index (χ3v) is 6.37. The van der Waals surface area contributed by atoms with Crippen LogP contribution in [0.5, 0.6) is 11.5 Å². The van der Waals surface area contributed by atoms with Crippen molar-refractivity contribution in [2.24, 2.45) is 0 Å². The summed E-state index contributed by atoms with van der Waals surface area (Å²) in [6.07, 6.45) is 1.82. The Hall–Kier alpha value is -4.05. The van der Waals surface area contributed by atoms with Gasteiger partial charge >= 0.3 is 0 Å². The molecule has 186 valence electrons. The molecule has 4 aromatic rings. The van der Waals surface area contributed by atoms with Crippen LogP contribution in [-0.4, -0.2) is 52.6 Å². The fraction of sp³-hybridized carbons (Fsp3) is 0.346. The van der Waals surface area contributed by atoms with Gasteiger partial charge in [-0.2, -0.15) is 9.97 Å². The third-order valence-electron chi connectivity index (χ3n) is 6.37. The van der Waals surface area contributed by atoms with Crippen molar-refractivity contribution in [3.63, 3.8) is 0 Å². The Kier molecular flexibility index (Phi) is 5.94. The van der Waals surface area contributed by atoms with Gasteiger partial charge in [0, 0.05) is 37.1 Å². The molecule has 0 unspecified atom stereocenters. The maximum absolute atomic E-state index is 5.50. The molecule has 10 nitrogen and oxygen atoms in total. The highest BCUT2D eigenvalue weighted by molar-refractivity contribution is 5.86. The Bertz CT molecular complexity index is 1360. The van der Waals surface area contributed by atoms with Crippen LogP contribution in [0.1, 0.15) is 25.5 Å². The van der Waals surface area contributed by atoms with E-state index < -0.39 is 0 Å². The summed E-state index contributed by atoms with van der Waals surface area (Å²) in [5, 5.41) is 6.82. The summed E-state index contributed by atoms with van der Waals surface area (Å²) in [4.78, 5) is 16.5. The number of morpholine rings is 1. The predicted octanol–water partition coefficient (Wildman–Crippen LogP) is 4.33. The van der Waals surface area contributed by atoms with Crippen LogP contribution >= 0.6 is 0 Å². The molecule has 2 aliphatic heterocycles. The van der Waals surface area contributed by atoms with Gasteiger partial charge in [0.25, 0.3) is 0 Å². The molecule has 1 fully saturated rings. The predicted molar refractivity (Wildman–Crippen MR) is 138 cm³/mol. The van der Waals surface area contributed by atoms with Gasteiger partial charge in [-0.05, 0) is 55.8 Å². The van der Waals surface area contributed by atoms with Crippen molar-refractivity contribution < 1.29 is 14.2 Å². The van der Waals surface area contributed by atoms with Gasteiger partial charge in [-0.25, -0.2) is 4.98 Å². The number of hydrogen-bond acceptors (Lipinski definition) is 9. The number of nitrogens with one attached hydrogen (secondary N) is 2. The molecule has 2 aromatic carbocycles. The molecule has 10 heteroatoms. The Morgan fingerprint density at radius 2 is 1.78 bits per heavy atom. The second kappa shape index (κ2) is 9.54. The van der Waals surface area contributed by atoms with Crippen LogP contribution in [0.25, 0.3) is 11.2 Å². The van der Waals surface area contributed by atoms with Crippen LogP contribution < -0.4 is 25.0 Å². The largest absolute Gasteiger partial charge is 0.454 e. The number of aromatic nitrogens is 4. The average molecular weight is 488 g/mol. The number of benzene rings is 2. The second-order valence-electron chi connectivity index (χ2n) is 9.13. The van der Waals surface area contributed by atoms with E-state index in [1.165, 1.54) is 5.69 Å². The standard InChI is InChI=1S/C26H29N7O3/c1-17(2)33-15-28-23-24(29-19-4-6-20(7-5-19)32-9-11-34-12-10-32)30-26(31-25(23)33)27-14-18-3-8-21-22(13-18)36-16-35-21/h3-8,13,15,17H,9-12,14,16H2,1-2H3,(H2,27,29,30,31). The third kappa shape index (κ3) is 4.47. The summed E-state index contributed by atoms with van der Waals surface area (Å²) in [5.74, 6) is 2.71. The average Bonchev–Trinajstić information content (AvgIpc) is 3.55. The van der Waals surface area contributed by atoms with E-state index in [-0.39, 0.29) is 12.8 Å². The fourth-order valence-electron chi connectivity index (χ4n) is 4.41. The second-order valence-corrected chi connectivity index (χ2v) is 9.13. The number of rotatable bonds is 7. The van der Waals surface area contributed by atoms with Crippen LogP contribution in [0.3, 0.4) is 0 Å². The molecule has 1 saturated heterocycles. The summed E-state index contributed by atoms with van der Waals surface area (Å²) in [7, 11) is 0. The lowest BCUT2D eigenvalue weighted by Crippen LogP contribution is -2.36. The van der Waals surface area contributed by atoms with Gasteiger partial charge in [-0.15, -0.1) is 0 Å². The van der Waals surface area contributed by atoms with Crippen molar-refractivity contribution in [1.82, 2.24) is 19.5 Å². The van der Waals surface area contributed by atoms with Crippen molar-refractivity contribution in [3.8, 4) is 11.5 Å². The Morgan fingerprint density at radius 3 is 2.58 bits per heavy atom. The molecule has 4 heterocycles. The van der Waals surface area contributed by atoms with Gasteiger partial charge in [0.2, 0.25) is 12.7 Å². The summed E-state index contributed by atoms with van der Waals surface area (Å²) in [5.41, 5.74) is 4.68. The first-order valence-electron chi connectivity index (χ1n) is 12.2. The first kappa shape index (κ1) is 22.4. The minimum Gasteiger partial charge on any atom is -0.454 e. The number of imidazole rings is 1. The smallest absolute Gasteiger partial charge is 0.231 e. The molecular formula is C26H29N7O3. The van der Waals surface area contributed by atoms with Crippen LogP contribution in [0.4, 0.5) is 23.1 Å². The first-order chi connectivity index (χ1) is 17.6. The normalized spacial score (nSPS) is 15.0. The SMILES string of the molecule is CC(C)n1cnc2c(Nc3ccc(N4CCOCC4)cc3)nc(NCc3ccc4c(c3)OCO4)nc21. The molecule has 36 heavy (non-hydrogen) atoms. The topological polar surface area (TPSA) is 98.6 Å². The number of ether oxygens (including phenoxy) is 3. The zero-order chi connectivity index (χ0) is 24.5. The van der Waals surface area contributed by atoms with E-state index in [1.54, 1.807) is 0 Å². The van der Waals surface area contributed by atoms with Gasteiger partial charge < -0.3 is 34.3 Å². The Morgan fingerprint density at radius 1 is 0.972 bits per heavy atom. The summed E-state index contributed by atoms with van der Waals surface area (Å²) >= 11 is 0. The van der Waals surface area contributed by atoms with E-state index in [4.69, 9.17) is 24.2 Å². The minimum atomic E-state index is 0.215. The highest BCUT2D eigenvalue weighted by atomic mass is 16.7. The molecule has 0 saturated carbocycles. The molecular weight excluding hydrogens is 458 g/mol. The van der Waals surface area contributed by atoms with Gasteiger partial charge in [0.15, 0.2) is 28.5 Å². The zero-order valence-corrected chi connectivity index (χ0v) is 20.4. The molecule has 2 aromatic heterocycles. The number of anilines is 4. The van der Waals surface area contributed by atoms with Gasteiger partial charge in [-0.3, -0.25) is 0 Å². The van der Waals surface area contributed by atoms with E-state index in [9.17, 15) is 0 Å². The van der Waals surface area contributed by atoms with E-state index >= 15 is 0 Å². The molecule has 0 bridgehead atoms. The fourth-order valence-corrected chi connectivity index (χ4v) is 4.41. The van der Waals surface area contributed by atoms with Crippen molar-refractivity contribution in [1.29, 1.82) is 0 Å². The maximum Gasteiger partial charge on any atom is 0.231 e. The lowest BCUT2D eigenvalue weighted by molar-refractivity contribution is 0.122. The van der Waals surface area contributed by atoms with Crippen LogP contribution in [0.2, 0.25) is 0 Å². The van der Waals surface area contributed by atoms with Crippen LogP contribution in [0, 0.1) is 0 Å². The van der Waals surface area contributed by atoms with E-state index in [0.29, 0.717) is 18.3 Å². The molecule has 2 N–H and O–H groups in total. The zero-order valence-electron chi connectivity index (χ0n) is 20.4. The molecule has 0 spiro atoms. The van der Waals surface area contributed by atoms with Gasteiger partial charge in [-0.1, -0.05) is 6.07 Å². The summed E-state index contributed by atoms with van der Waals surface area (Å²) in [6, 6.07) is 14.5. The molecule has 0 radical (unpaired) electrons. The van der Waals surface area contributed by atoms with E-state index in [2.05, 4.69) is 63.2 Å². The lowest BCUT2D eigenvalue weighted by Gasteiger charge is -2.28. The van der Waals surface area contributed by atoms with E-state index in [1.807, 2.05) is 24.5 Å². The molecule has 0 amide bonds.